The molecule has 5 N–H and O–H groups in total. The van der Waals surface area contributed by atoms with Crippen molar-refractivity contribution in [3.63, 3.8) is 0 Å². The predicted octanol–water partition coefficient (Wildman–Crippen LogP) is 3.91. The van der Waals surface area contributed by atoms with Crippen molar-refractivity contribution in [2.45, 2.75) is 37.4 Å². The van der Waals surface area contributed by atoms with E-state index in [-0.39, 0.29) is 17.4 Å². The van der Waals surface area contributed by atoms with Gasteiger partial charge in [0.05, 0.1) is 17.8 Å². The van der Waals surface area contributed by atoms with Crippen LogP contribution in [0.25, 0.3) is 10.9 Å². The number of rotatable bonds is 2. The lowest BCUT2D eigenvalue weighted by molar-refractivity contribution is -0.0935. The first kappa shape index (κ1) is 16.6. The first-order valence-corrected chi connectivity index (χ1v) is 9.20. The number of anilines is 1. The summed E-state index contributed by atoms with van der Waals surface area (Å²) in [6.45, 7) is 0. The first-order chi connectivity index (χ1) is 12.9. The molecule has 2 aromatic rings. The maximum Gasteiger partial charge on any atom is 0.431 e. The van der Waals surface area contributed by atoms with Gasteiger partial charge in [0, 0.05) is 22.9 Å². The fourth-order valence-electron chi connectivity index (χ4n) is 5.82. The van der Waals surface area contributed by atoms with Crippen LogP contribution in [0.2, 0.25) is 0 Å². The summed E-state index contributed by atoms with van der Waals surface area (Å²) < 4.78 is 39.9. The minimum Gasteiger partial charge on any atom is -0.394 e. The predicted molar refractivity (Wildman–Crippen MR) is 96.6 cm³/mol. The Labute approximate surface area is 153 Å². The highest BCUT2D eigenvalue weighted by Crippen LogP contribution is 2.62. The van der Waals surface area contributed by atoms with Gasteiger partial charge < -0.3 is 16.5 Å². The number of benzene rings is 1. The highest BCUT2D eigenvalue weighted by atomic mass is 19.4. The van der Waals surface area contributed by atoms with Gasteiger partial charge in [-0.1, -0.05) is 0 Å². The molecule has 0 amide bonds. The van der Waals surface area contributed by atoms with Crippen LogP contribution in [0.3, 0.4) is 0 Å². The molecule has 2 fully saturated rings. The van der Waals surface area contributed by atoms with E-state index in [0.29, 0.717) is 11.8 Å². The second kappa shape index (κ2) is 5.50. The van der Waals surface area contributed by atoms with Crippen molar-refractivity contribution in [2.75, 3.05) is 5.32 Å². The molecule has 2 saturated carbocycles. The summed E-state index contributed by atoms with van der Waals surface area (Å²) >= 11 is 0. The van der Waals surface area contributed by atoms with E-state index in [1.807, 2.05) is 12.1 Å². The number of alkyl halides is 3. The van der Waals surface area contributed by atoms with Crippen molar-refractivity contribution in [3.05, 3.63) is 35.2 Å². The normalized spacial score (nSPS) is 32.6. The molecule has 0 radical (unpaired) electrons. The molecule has 2 aliphatic carbocycles. The topological polar surface area (TPSA) is 90.6 Å². The van der Waals surface area contributed by atoms with E-state index < -0.39 is 17.9 Å². The average Bonchev–Trinajstić information content (AvgIpc) is 3.36. The molecule has 5 atom stereocenters. The molecule has 1 aliphatic heterocycles. The largest absolute Gasteiger partial charge is 0.431 e. The van der Waals surface area contributed by atoms with E-state index in [0.717, 1.165) is 47.6 Å². The molecule has 1 aromatic carbocycles. The van der Waals surface area contributed by atoms with Crippen LogP contribution in [-0.4, -0.2) is 28.6 Å². The Kier molecular flexibility index (Phi) is 3.39. The van der Waals surface area contributed by atoms with Crippen LogP contribution in [0.5, 0.6) is 0 Å². The zero-order valence-corrected chi connectivity index (χ0v) is 14.5. The fourth-order valence-corrected chi connectivity index (χ4v) is 5.82. The Morgan fingerprint density at radius 1 is 1.26 bits per heavy atom. The molecule has 3 aliphatic rings. The summed E-state index contributed by atoms with van der Waals surface area (Å²) in [7, 11) is 0. The number of aromatic amines is 1. The summed E-state index contributed by atoms with van der Waals surface area (Å²) in [6, 6.07) is 3.19. The molecule has 2 heterocycles. The van der Waals surface area contributed by atoms with Gasteiger partial charge in [0.1, 0.15) is 5.70 Å². The molecule has 1 aromatic heterocycles. The number of nitrogens with two attached hydrogens (primary N) is 1. The van der Waals surface area contributed by atoms with Crippen LogP contribution in [0, 0.1) is 23.2 Å². The van der Waals surface area contributed by atoms with Crippen LogP contribution in [-0.2, 0) is 0 Å². The van der Waals surface area contributed by atoms with Crippen LogP contribution in [0.4, 0.5) is 18.9 Å². The van der Waals surface area contributed by atoms with E-state index >= 15 is 0 Å². The van der Waals surface area contributed by atoms with E-state index in [1.165, 1.54) is 0 Å². The third kappa shape index (κ3) is 2.25. The minimum absolute atomic E-state index is 0.00856. The quantitative estimate of drug-likeness (QED) is 0.600. The number of allylic oxidation sites excluding steroid dienone is 1. The Bertz CT molecular complexity index is 960. The molecule has 2 bridgehead atoms. The van der Waals surface area contributed by atoms with Gasteiger partial charge in [0.25, 0.3) is 0 Å². The van der Waals surface area contributed by atoms with Crippen molar-refractivity contribution in [1.82, 2.24) is 10.2 Å². The average molecular weight is 375 g/mol. The molecule has 8 heteroatoms. The van der Waals surface area contributed by atoms with Gasteiger partial charge >= 0.3 is 6.18 Å². The monoisotopic (exact) mass is 375 g/mol. The summed E-state index contributed by atoms with van der Waals surface area (Å²) in [5.74, 6) is 0.989. The molecule has 27 heavy (non-hydrogen) atoms. The van der Waals surface area contributed by atoms with Crippen molar-refractivity contribution < 1.29 is 13.2 Å². The van der Waals surface area contributed by atoms with Gasteiger partial charge in [-0.05, 0) is 60.6 Å². The number of halogens is 3. The number of nitrogens with zero attached hydrogens (tertiary/aromatic N) is 1. The molecular formula is C19H20F3N5. The van der Waals surface area contributed by atoms with Crippen molar-refractivity contribution in [1.29, 1.82) is 5.41 Å². The second-order valence-corrected chi connectivity index (χ2v) is 7.93. The number of hydrogen-bond donors (Lipinski definition) is 4. The Morgan fingerprint density at radius 2 is 2.04 bits per heavy atom. The van der Waals surface area contributed by atoms with Crippen molar-refractivity contribution in [3.8, 4) is 0 Å². The third-order valence-electron chi connectivity index (χ3n) is 6.78. The Morgan fingerprint density at radius 3 is 2.78 bits per heavy atom. The van der Waals surface area contributed by atoms with Gasteiger partial charge in [-0.2, -0.15) is 18.3 Å². The van der Waals surface area contributed by atoms with E-state index in [4.69, 9.17) is 11.1 Å². The third-order valence-corrected chi connectivity index (χ3v) is 6.78. The molecule has 5 nitrogen and oxygen atoms in total. The molecule has 142 valence electrons. The SMILES string of the molecule is N=CC(=C(N)C(F)(F)F)[C@@H]1Nc2ccc3[nH]ncc3c2[C@H]2C3CCC(C3)[C@@H]12. The van der Waals surface area contributed by atoms with Crippen LogP contribution in [0.1, 0.15) is 30.7 Å². The van der Waals surface area contributed by atoms with E-state index in [9.17, 15) is 13.2 Å². The molecule has 0 saturated heterocycles. The summed E-state index contributed by atoms with van der Waals surface area (Å²) in [6.07, 6.45) is 1.10. The maximum atomic E-state index is 13.3. The van der Waals surface area contributed by atoms with E-state index in [1.54, 1.807) is 6.20 Å². The highest BCUT2D eigenvalue weighted by molar-refractivity contribution is 5.90. The Balaban J connectivity index is 1.71. The number of nitrogens with one attached hydrogen (secondary N) is 3. The van der Waals surface area contributed by atoms with Gasteiger partial charge in [0.15, 0.2) is 0 Å². The smallest absolute Gasteiger partial charge is 0.394 e. The van der Waals surface area contributed by atoms with Gasteiger partial charge in [-0.15, -0.1) is 0 Å². The van der Waals surface area contributed by atoms with Crippen LogP contribution >= 0.6 is 0 Å². The lowest BCUT2D eigenvalue weighted by Gasteiger charge is -2.44. The zero-order chi connectivity index (χ0) is 18.9. The summed E-state index contributed by atoms with van der Waals surface area (Å²) in [5, 5.41) is 19.1. The van der Waals surface area contributed by atoms with Crippen molar-refractivity contribution in [2.24, 2.45) is 23.5 Å². The summed E-state index contributed by atoms with van der Waals surface area (Å²) in [5.41, 5.74) is 7.07. The Hall–Kier alpha value is -2.51. The highest BCUT2D eigenvalue weighted by Gasteiger charge is 2.55. The van der Waals surface area contributed by atoms with Gasteiger partial charge in [0.2, 0.25) is 0 Å². The number of hydrogen-bond acceptors (Lipinski definition) is 4. The molecule has 0 spiro atoms. The zero-order valence-electron chi connectivity index (χ0n) is 14.5. The second-order valence-electron chi connectivity index (χ2n) is 7.93. The summed E-state index contributed by atoms with van der Waals surface area (Å²) in [4.78, 5) is 0. The standard InChI is InChI=1S/C19H20F3N5/c20-19(21,22)18(24)10(6-23)17-15-9-2-1-8(5-9)14(15)16-11-7-25-27-12(11)3-4-13(16)26-17/h3-4,6-9,14-15,17,23,26H,1-2,5,24H2,(H,25,27)/t8?,9?,14-,15+,17-/m0/s1. The number of aromatic nitrogens is 2. The van der Waals surface area contributed by atoms with Gasteiger partial charge in [-0.3, -0.25) is 5.10 Å². The van der Waals surface area contributed by atoms with Gasteiger partial charge in [-0.25, -0.2) is 0 Å². The molecule has 5 rings (SSSR count). The molecular weight excluding hydrogens is 355 g/mol. The number of fused-ring (bicyclic) bond motifs is 9. The van der Waals surface area contributed by atoms with E-state index in [2.05, 4.69) is 15.5 Å². The molecule has 2 unspecified atom stereocenters. The van der Waals surface area contributed by atoms with Crippen LogP contribution in [0.15, 0.2) is 29.6 Å². The lowest BCUT2D eigenvalue weighted by atomic mass is 9.67. The van der Waals surface area contributed by atoms with Crippen molar-refractivity contribution >= 4 is 22.8 Å². The number of H-pyrrole nitrogens is 1. The lowest BCUT2D eigenvalue weighted by Crippen LogP contribution is -2.44. The fraction of sp³-hybridized carbons (Fsp3) is 0.474. The van der Waals surface area contributed by atoms with Crippen LogP contribution < -0.4 is 11.1 Å². The minimum atomic E-state index is -4.64. The maximum absolute atomic E-state index is 13.3. The first-order valence-electron chi connectivity index (χ1n) is 9.20.